The van der Waals surface area contributed by atoms with Gasteiger partial charge in [-0.2, -0.15) is 0 Å². The van der Waals surface area contributed by atoms with E-state index < -0.39 is 34.1 Å². The number of amides is 4. The molecule has 2 unspecified atom stereocenters. The summed E-state index contributed by atoms with van der Waals surface area (Å²) in [5, 5.41) is 19.4. The summed E-state index contributed by atoms with van der Waals surface area (Å²) in [4.78, 5) is 74.6. The summed E-state index contributed by atoms with van der Waals surface area (Å²) >= 11 is 2.56. The highest BCUT2D eigenvalue weighted by molar-refractivity contribution is 8.00. The van der Waals surface area contributed by atoms with Crippen molar-refractivity contribution >= 4 is 59.1 Å². The second-order valence-corrected chi connectivity index (χ2v) is 17.4. The quantitative estimate of drug-likeness (QED) is 0.0272. The lowest BCUT2D eigenvalue weighted by Gasteiger charge is -2.15. The lowest BCUT2D eigenvalue weighted by atomic mass is 10.0. The summed E-state index contributed by atoms with van der Waals surface area (Å²) in [5.74, 6) is -2.11. The minimum absolute atomic E-state index is 0.140. The van der Waals surface area contributed by atoms with Crippen molar-refractivity contribution in [3.05, 3.63) is 58.7 Å². The van der Waals surface area contributed by atoms with Crippen LogP contribution in [-0.2, 0) is 41.5 Å². The van der Waals surface area contributed by atoms with E-state index >= 15 is 0 Å². The van der Waals surface area contributed by atoms with Gasteiger partial charge in [0.1, 0.15) is 11.5 Å². The van der Waals surface area contributed by atoms with Gasteiger partial charge in [-0.1, -0.05) is 89.5 Å². The zero-order valence-electron chi connectivity index (χ0n) is 35.7. The summed E-state index contributed by atoms with van der Waals surface area (Å²) in [5.41, 5.74) is 11.3. The van der Waals surface area contributed by atoms with Crippen molar-refractivity contribution in [3.8, 4) is 11.5 Å². The molecule has 0 radical (unpaired) electrons. The third-order valence-corrected chi connectivity index (χ3v) is 11.9. The van der Waals surface area contributed by atoms with E-state index in [1.165, 1.54) is 35.7 Å². The summed E-state index contributed by atoms with van der Waals surface area (Å²) in [7, 11) is 0. The number of phenolic OH excluding ortho intramolecular Hbond substituents is 2. The normalized spacial score (nSPS) is 11.9. The van der Waals surface area contributed by atoms with Gasteiger partial charge < -0.3 is 19.7 Å². The predicted octanol–water partition coefficient (Wildman–Crippen LogP) is 7.24. The molecule has 0 aromatic heterocycles. The van der Waals surface area contributed by atoms with Gasteiger partial charge in [0, 0.05) is 11.5 Å². The molecule has 0 saturated carbocycles. The number of benzene rings is 2. The minimum atomic E-state index is -0.583. The maximum absolute atomic E-state index is 12.7. The van der Waals surface area contributed by atoms with E-state index in [1.807, 2.05) is 13.8 Å². The molecule has 14 nitrogen and oxygen atoms in total. The Bertz CT molecular complexity index is 1540. The fraction of sp³-hybridized carbons (Fsp3) is 0.591. The number of phenols is 2. The van der Waals surface area contributed by atoms with Crippen LogP contribution >= 0.6 is 23.5 Å². The van der Waals surface area contributed by atoms with Crippen LogP contribution in [0.3, 0.4) is 0 Å². The average molecular weight is 875 g/mol. The van der Waals surface area contributed by atoms with E-state index in [2.05, 4.69) is 21.7 Å². The van der Waals surface area contributed by atoms with Crippen LogP contribution in [0, 0.1) is 0 Å². The number of rotatable bonds is 29. The summed E-state index contributed by atoms with van der Waals surface area (Å²) in [6, 6.07) is 9.83. The van der Waals surface area contributed by atoms with Crippen molar-refractivity contribution in [2.45, 2.75) is 141 Å². The summed E-state index contributed by atoms with van der Waals surface area (Å²) in [6.45, 7) is 8.16. The number of nitrogens with one attached hydrogen (secondary N) is 4. The first kappa shape index (κ1) is 51.7. The Morgan fingerprint density at radius 2 is 0.917 bits per heavy atom. The van der Waals surface area contributed by atoms with Gasteiger partial charge in [-0.05, 0) is 75.6 Å². The number of thioether (sulfide) groups is 2. The number of ether oxygens (including phenoxy) is 2. The highest BCUT2D eigenvalue weighted by Crippen LogP contribution is 2.24. The van der Waals surface area contributed by atoms with Crippen molar-refractivity contribution in [1.29, 1.82) is 0 Å². The van der Waals surface area contributed by atoms with Crippen LogP contribution in [-0.4, -0.2) is 81.0 Å². The van der Waals surface area contributed by atoms with Gasteiger partial charge in [0.05, 0.1) is 47.7 Å². The average Bonchev–Trinajstić information content (AvgIpc) is 3.23. The second kappa shape index (κ2) is 30.6. The van der Waals surface area contributed by atoms with E-state index in [9.17, 15) is 39.0 Å². The number of esters is 2. The maximum Gasteiger partial charge on any atom is 0.306 e. The van der Waals surface area contributed by atoms with Gasteiger partial charge in [0.25, 0.3) is 23.6 Å². The molecule has 60 heavy (non-hydrogen) atoms. The van der Waals surface area contributed by atoms with E-state index in [1.54, 1.807) is 38.1 Å². The number of hydrogen-bond donors (Lipinski definition) is 6. The molecular formula is C44H66N4O10S2. The molecule has 2 atom stereocenters. The lowest BCUT2D eigenvalue weighted by molar-refractivity contribution is -0.144. The SMILES string of the molecule is CCCCc1cccc(O)c1C(=O)NNC(=O)C(C)SCCC(=O)OCCCCCCCCCCOC(=O)CCSC(C)C(=O)NNC(=O)c1c(O)cccc1CCCC. The first-order valence-electron chi connectivity index (χ1n) is 21.3. The number of hydrogen-bond acceptors (Lipinski definition) is 12. The molecule has 0 fully saturated rings. The Balaban J connectivity index is 1.43. The van der Waals surface area contributed by atoms with E-state index in [-0.39, 0.29) is 47.4 Å². The van der Waals surface area contributed by atoms with Gasteiger partial charge in [-0.25, -0.2) is 0 Å². The zero-order valence-corrected chi connectivity index (χ0v) is 37.4. The van der Waals surface area contributed by atoms with Gasteiger partial charge in [-0.3, -0.25) is 50.5 Å². The number of hydrazine groups is 2. The molecule has 2 aromatic rings. The third-order valence-electron chi connectivity index (χ3n) is 9.56. The predicted molar refractivity (Wildman–Crippen MR) is 237 cm³/mol. The van der Waals surface area contributed by atoms with Crippen LogP contribution in [0.25, 0.3) is 0 Å². The van der Waals surface area contributed by atoms with Gasteiger partial charge in [0.2, 0.25) is 0 Å². The number of aromatic hydroxyl groups is 2. The molecule has 2 rings (SSSR count). The standard InChI is InChI=1S/C44H66N4O10S2/c1-5-7-19-33-21-17-23-35(49)39(33)43(55)47-45-41(53)31(3)59-29-25-37(51)57-27-15-13-11-9-10-12-14-16-28-58-38(52)26-30-60-32(4)42(54)46-48-44(56)40-34(20-8-6-2)22-18-24-36(40)50/h17-18,21-24,31-32,49-50H,5-16,19-20,25-30H2,1-4H3,(H,45,53)(H,46,54)(H,47,55)(H,48,56). The Morgan fingerprint density at radius 1 is 0.550 bits per heavy atom. The molecule has 6 N–H and O–H groups in total. The zero-order chi connectivity index (χ0) is 44.1. The van der Waals surface area contributed by atoms with Gasteiger partial charge in [0.15, 0.2) is 0 Å². The Hall–Kier alpha value is -4.44. The highest BCUT2D eigenvalue weighted by atomic mass is 32.2. The van der Waals surface area contributed by atoms with Crippen LogP contribution in [0.1, 0.15) is 149 Å². The molecule has 2 aromatic carbocycles. The number of carbonyl (C=O) groups excluding carboxylic acids is 6. The molecule has 16 heteroatoms. The molecule has 4 amide bonds. The Morgan fingerprint density at radius 3 is 1.28 bits per heavy atom. The van der Waals surface area contributed by atoms with Crippen LogP contribution in [0.15, 0.2) is 36.4 Å². The van der Waals surface area contributed by atoms with E-state index in [4.69, 9.17) is 9.47 Å². The van der Waals surface area contributed by atoms with Crippen molar-refractivity contribution in [1.82, 2.24) is 21.7 Å². The van der Waals surface area contributed by atoms with E-state index in [0.717, 1.165) is 77.0 Å². The Kier molecular flexibility index (Phi) is 26.3. The first-order valence-corrected chi connectivity index (χ1v) is 23.4. The first-order chi connectivity index (χ1) is 28.9. The molecule has 0 aliphatic carbocycles. The summed E-state index contributed by atoms with van der Waals surface area (Å²) < 4.78 is 10.7. The lowest BCUT2D eigenvalue weighted by Crippen LogP contribution is -2.45. The van der Waals surface area contributed by atoms with Crippen molar-refractivity contribution in [2.24, 2.45) is 0 Å². The van der Waals surface area contributed by atoms with Crippen LogP contribution in [0.4, 0.5) is 0 Å². The second-order valence-electron chi connectivity index (χ2n) is 14.5. The van der Waals surface area contributed by atoms with Gasteiger partial charge in [-0.15, -0.1) is 23.5 Å². The number of aryl methyl sites for hydroxylation is 2. The molecule has 0 heterocycles. The molecule has 0 bridgehead atoms. The number of unbranched alkanes of at least 4 members (excludes halogenated alkanes) is 9. The fourth-order valence-electron chi connectivity index (χ4n) is 5.98. The van der Waals surface area contributed by atoms with Crippen LogP contribution < -0.4 is 21.7 Å². The van der Waals surface area contributed by atoms with E-state index in [0.29, 0.717) is 48.7 Å². The van der Waals surface area contributed by atoms with Crippen molar-refractivity contribution < 1.29 is 48.5 Å². The van der Waals surface area contributed by atoms with Crippen molar-refractivity contribution in [3.63, 3.8) is 0 Å². The molecular weight excluding hydrogens is 809 g/mol. The maximum atomic E-state index is 12.7. The largest absolute Gasteiger partial charge is 0.507 e. The third kappa shape index (κ3) is 20.7. The Labute approximate surface area is 363 Å². The topological polar surface area (TPSA) is 209 Å². The molecule has 334 valence electrons. The highest BCUT2D eigenvalue weighted by Gasteiger charge is 2.21. The monoisotopic (exact) mass is 874 g/mol. The van der Waals surface area contributed by atoms with Crippen LogP contribution in [0.2, 0.25) is 0 Å². The summed E-state index contributed by atoms with van der Waals surface area (Å²) in [6.07, 6.45) is 12.9. The molecule has 0 spiro atoms. The smallest absolute Gasteiger partial charge is 0.306 e. The van der Waals surface area contributed by atoms with Crippen molar-refractivity contribution in [2.75, 3.05) is 24.7 Å². The fourth-order valence-corrected chi connectivity index (χ4v) is 7.68. The van der Waals surface area contributed by atoms with Crippen LogP contribution in [0.5, 0.6) is 11.5 Å². The van der Waals surface area contributed by atoms with Gasteiger partial charge >= 0.3 is 11.9 Å². The molecule has 0 aliphatic heterocycles. The number of carbonyl (C=O) groups is 6. The molecule has 0 saturated heterocycles. The minimum Gasteiger partial charge on any atom is -0.507 e. The molecule has 0 aliphatic rings.